The van der Waals surface area contributed by atoms with E-state index in [1.54, 1.807) is 55.7 Å². The van der Waals surface area contributed by atoms with Crippen LogP contribution in [0.5, 0.6) is 0 Å². The lowest BCUT2D eigenvalue weighted by molar-refractivity contribution is -0.115. The van der Waals surface area contributed by atoms with Crippen molar-refractivity contribution in [1.29, 1.82) is 0 Å². The highest BCUT2D eigenvalue weighted by molar-refractivity contribution is 5.97. The van der Waals surface area contributed by atoms with Crippen LogP contribution in [-0.4, -0.2) is 35.8 Å². The molecule has 0 aliphatic rings. The van der Waals surface area contributed by atoms with E-state index in [1.807, 2.05) is 0 Å². The first-order valence-corrected chi connectivity index (χ1v) is 7.96. The minimum absolute atomic E-state index is 0.114. The number of carbonyl (C=O) groups is 3. The Balaban J connectivity index is 1.79. The minimum atomic E-state index is -0.272. The molecule has 1 heterocycles. The lowest BCUT2D eigenvalue weighted by atomic mass is 10.2. The van der Waals surface area contributed by atoms with Gasteiger partial charge in [0.2, 0.25) is 5.91 Å². The Morgan fingerprint density at radius 1 is 0.920 bits per heavy atom. The highest BCUT2D eigenvalue weighted by Crippen LogP contribution is 2.10. The lowest BCUT2D eigenvalue weighted by Gasteiger charge is -2.09. The summed E-state index contributed by atoms with van der Waals surface area (Å²) in [5, 5.41) is 8.14. The third-order valence-corrected chi connectivity index (χ3v) is 3.37. The molecule has 2 aromatic rings. The van der Waals surface area contributed by atoms with E-state index in [-0.39, 0.29) is 17.7 Å². The van der Waals surface area contributed by atoms with Crippen LogP contribution in [-0.2, 0) is 4.79 Å². The standard InChI is InChI=1S/C18H20N4O3/c1-2-16(23)22-15-5-3-4-14(12-15)18(25)21-11-10-20-17(24)13-6-8-19-9-7-13/h3-9,12H,2,10-11H2,1H3,(H,20,24)(H,21,25)(H,22,23). The van der Waals surface area contributed by atoms with Crippen molar-refractivity contribution in [2.24, 2.45) is 0 Å². The molecule has 0 aliphatic carbocycles. The number of hydrogen-bond donors (Lipinski definition) is 3. The van der Waals surface area contributed by atoms with E-state index in [9.17, 15) is 14.4 Å². The zero-order valence-electron chi connectivity index (χ0n) is 13.9. The fourth-order valence-corrected chi connectivity index (χ4v) is 2.05. The molecule has 0 saturated carbocycles. The van der Waals surface area contributed by atoms with E-state index in [0.717, 1.165) is 0 Å². The van der Waals surface area contributed by atoms with E-state index in [2.05, 4.69) is 20.9 Å². The Hall–Kier alpha value is -3.22. The Morgan fingerprint density at radius 2 is 1.56 bits per heavy atom. The molecule has 0 spiro atoms. The van der Waals surface area contributed by atoms with E-state index in [0.29, 0.717) is 36.3 Å². The summed E-state index contributed by atoms with van der Waals surface area (Å²) in [5.41, 5.74) is 1.53. The number of nitrogens with one attached hydrogen (secondary N) is 3. The van der Waals surface area contributed by atoms with Crippen molar-refractivity contribution in [3.8, 4) is 0 Å². The summed E-state index contributed by atoms with van der Waals surface area (Å²) < 4.78 is 0. The summed E-state index contributed by atoms with van der Waals surface area (Å²) in [6.45, 7) is 2.35. The summed E-state index contributed by atoms with van der Waals surface area (Å²) in [6.07, 6.45) is 3.45. The van der Waals surface area contributed by atoms with Crippen LogP contribution in [0.25, 0.3) is 0 Å². The lowest BCUT2D eigenvalue weighted by Crippen LogP contribution is -2.34. The summed E-state index contributed by atoms with van der Waals surface area (Å²) in [4.78, 5) is 39.2. The summed E-state index contributed by atoms with van der Waals surface area (Å²) >= 11 is 0. The molecule has 1 aromatic carbocycles. The average Bonchev–Trinajstić information content (AvgIpc) is 2.65. The smallest absolute Gasteiger partial charge is 0.251 e. The number of carbonyl (C=O) groups excluding carboxylic acids is 3. The maximum Gasteiger partial charge on any atom is 0.251 e. The van der Waals surface area contributed by atoms with Crippen LogP contribution in [0.2, 0.25) is 0 Å². The molecule has 1 aromatic heterocycles. The number of amides is 3. The van der Waals surface area contributed by atoms with Crippen LogP contribution in [0, 0.1) is 0 Å². The van der Waals surface area contributed by atoms with Gasteiger partial charge < -0.3 is 16.0 Å². The van der Waals surface area contributed by atoms with E-state index in [1.165, 1.54) is 0 Å². The maximum atomic E-state index is 12.1. The van der Waals surface area contributed by atoms with E-state index in [4.69, 9.17) is 0 Å². The molecule has 0 aliphatic heterocycles. The van der Waals surface area contributed by atoms with Crippen molar-refractivity contribution in [3.63, 3.8) is 0 Å². The molecule has 7 nitrogen and oxygen atoms in total. The molecule has 25 heavy (non-hydrogen) atoms. The number of pyridine rings is 1. The molecule has 2 rings (SSSR count). The van der Waals surface area contributed by atoms with Crippen molar-refractivity contribution >= 4 is 23.4 Å². The average molecular weight is 340 g/mol. The van der Waals surface area contributed by atoms with Gasteiger partial charge in [-0.25, -0.2) is 0 Å². The second kappa shape index (κ2) is 9.17. The van der Waals surface area contributed by atoms with Gasteiger partial charge in [-0.3, -0.25) is 19.4 Å². The van der Waals surface area contributed by atoms with Gasteiger partial charge in [0.05, 0.1) is 0 Å². The van der Waals surface area contributed by atoms with Crippen molar-refractivity contribution in [1.82, 2.24) is 15.6 Å². The maximum absolute atomic E-state index is 12.1. The topological polar surface area (TPSA) is 100 Å². The fourth-order valence-electron chi connectivity index (χ4n) is 2.05. The van der Waals surface area contributed by atoms with Crippen LogP contribution < -0.4 is 16.0 Å². The molecule has 0 unspecified atom stereocenters. The molecule has 0 radical (unpaired) electrons. The van der Waals surface area contributed by atoms with Gasteiger partial charge in [0, 0.05) is 48.7 Å². The zero-order chi connectivity index (χ0) is 18.1. The van der Waals surface area contributed by atoms with Crippen molar-refractivity contribution in [2.75, 3.05) is 18.4 Å². The predicted octanol–water partition coefficient (Wildman–Crippen LogP) is 1.59. The Kier molecular flexibility index (Phi) is 6.65. The van der Waals surface area contributed by atoms with Crippen molar-refractivity contribution in [3.05, 3.63) is 59.9 Å². The Morgan fingerprint density at radius 3 is 2.20 bits per heavy atom. The number of anilines is 1. The normalized spacial score (nSPS) is 9.96. The molecule has 7 heteroatoms. The monoisotopic (exact) mass is 340 g/mol. The van der Waals surface area contributed by atoms with Crippen molar-refractivity contribution in [2.45, 2.75) is 13.3 Å². The van der Waals surface area contributed by atoms with Crippen molar-refractivity contribution < 1.29 is 14.4 Å². The quantitative estimate of drug-likeness (QED) is 0.666. The molecule has 130 valence electrons. The third-order valence-electron chi connectivity index (χ3n) is 3.37. The number of nitrogens with zero attached hydrogens (tertiary/aromatic N) is 1. The first-order chi connectivity index (χ1) is 12.1. The Labute approximate surface area is 145 Å². The summed E-state index contributed by atoms with van der Waals surface area (Å²) in [5.74, 6) is -0.608. The molecule has 0 saturated heterocycles. The summed E-state index contributed by atoms with van der Waals surface area (Å²) in [6, 6.07) is 9.92. The largest absolute Gasteiger partial charge is 0.350 e. The first kappa shape index (κ1) is 18.1. The Bertz CT molecular complexity index is 747. The molecule has 0 bridgehead atoms. The molecule has 0 fully saturated rings. The number of hydrogen-bond acceptors (Lipinski definition) is 4. The molecule has 0 atom stereocenters. The van der Waals surface area contributed by atoms with Gasteiger partial charge >= 0.3 is 0 Å². The first-order valence-electron chi connectivity index (χ1n) is 7.96. The summed E-state index contributed by atoms with van der Waals surface area (Å²) in [7, 11) is 0. The highest BCUT2D eigenvalue weighted by atomic mass is 16.2. The van der Waals surface area contributed by atoms with Gasteiger partial charge in [-0.15, -0.1) is 0 Å². The fraction of sp³-hybridized carbons (Fsp3) is 0.222. The van der Waals surface area contributed by atoms with Crippen LogP contribution in [0.3, 0.4) is 0 Å². The van der Waals surface area contributed by atoms with E-state index < -0.39 is 0 Å². The van der Waals surface area contributed by atoms with Gasteiger partial charge in [-0.05, 0) is 30.3 Å². The molecule has 3 amide bonds. The van der Waals surface area contributed by atoms with E-state index >= 15 is 0 Å². The van der Waals surface area contributed by atoms with Gasteiger partial charge in [0.15, 0.2) is 0 Å². The van der Waals surface area contributed by atoms with Gasteiger partial charge in [0.1, 0.15) is 0 Å². The SMILES string of the molecule is CCC(=O)Nc1cccc(C(=O)NCCNC(=O)c2ccncc2)c1. The third kappa shape index (κ3) is 5.72. The number of aromatic nitrogens is 1. The van der Waals surface area contributed by atoms with Gasteiger partial charge in [0.25, 0.3) is 11.8 Å². The highest BCUT2D eigenvalue weighted by Gasteiger charge is 2.08. The molecule has 3 N–H and O–H groups in total. The van der Waals surface area contributed by atoms with Crippen LogP contribution in [0.15, 0.2) is 48.8 Å². The molecular formula is C18H20N4O3. The zero-order valence-corrected chi connectivity index (χ0v) is 13.9. The van der Waals surface area contributed by atoms with Crippen LogP contribution in [0.4, 0.5) is 5.69 Å². The second-order valence-electron chi connectivity index (χ2n) is 5.23. The van der Waals surface area contributed by atoms with Crippen LogP contribution in [0.1, 0.15) is 34.1 Å². The minimum Gasteiger partial charge on any atom is -0.350 e. The second-order valence-corrected chi connectivity index (χ2v) is 5.23. The van der Waals surface area contributed by atoms with Gasteiger partial charge in [-0.2, -0.15) is 0 Å². The van der Waals surface area contributed by atoms with Crippen LogP contribution >= 0.6 is 0 Å². The predicted molar refractivity (Wildman–Crippen MR) is 94.3 cm³/mol. The van der Waals surface area contributed by atoms with Gasteiger partial charge in [-0.1, -0.05) is 13.0 Å². The molecular weight excluding hydrogens is 320 g/mol. The number of rotatable bonds is 7. The number of benzene rings is 1.